The molecule has 2 nitrogen and oxygen atoms in total. The fourth-order valence-corrected chi connectivity index (χ4v) is 3.25. The average molecular weight is 251 g/mol. The summed E-state index contributed by atoms with van der Waals surface area (Å²) in [4.78, 5) is 2.56. The van der Waals surface area contributed by atoms with Crippen molar-refractivity contribution in [3.8, 4) is 0 Å². The maximum Gasteiger partial charge on any atom is 0.0637 e. The number of hydrogen-bond acceptors (Lipinski definition) is 2. The first-order valence-electron chi connectivity index (χ1n) is 6.47. The maximum atomic E-state index is 6.24. The van der Waals surface area contributed by atoms with E-state index in [1.807, 2.05) is 6.07 Å². The first kappa shape index (κ1) is 11.4. The first-order valence-corrected chi connectivity index (χ1v) is 6.85. The molecule has 0 spiro atoms. The highest BCUT2D eigenvalue weighted by molar-refractivity contribution is 6.33. The first-order chi connectivity index (χ1) is 8.22. The van der Waals surface area contributed by atoms with Gasteiger partial charge in [0.05, 0.1) is 10.7 Å². The number of anilines is 1. The van der Waals surface area contributed by atoms with Crippen molar-refractivity contribution >= 4 is 17.3 Å². The van der Waals surface area contributed by atoms with Crippen LogP contribution in [0.5, 0.6) is 0 Å². The van der Waals surface area contributed by atoms with Gasteiger partial charge in [-0.25, -0.2) is 0 Å². The summed E-state index contributed by atoms with van der Waals surface area (Å²) >= 11 is 6.24. The Hall–Kier alpha value is -0.730. The van der Waals surface area contributed by atoms with E-state index in [0.717, 1.165) is 16.6 Å². The predicted molar refractivity (Wildman–Crippen MR) is 72.8 cm³/mol. The molecule has 1 aromatic rings. The molecule has 0 radical (unpaired) electrons. The normalized spacial score (nSPS) is 31.5. The summed E-state index contributed by atoms with van der Waals surface area (Å²) in [5, 5.41) is 4.49. The molecule has 3 aliphatic rings. The Bertz CT molecular complexity index is 411. The Morgan fingerprint density at radius 1 is 1.29 bits per heavy atom. The standard InChI is InChI=1S/C14H19ClN2/c1-10-2-3-12(15)13(8-10)16-14-9-17-6-4-11(14)5-7-17/h2-3,8,11,14,16H,4-7,9H2,1H3. The van der Waals surface area contributed by atoms with Gasteiger partial charge < -0.3 is 10.2 Å². The van der Waals surface area contributed by atoms with Gasteiger partial charge in [-0.05, 0) is 56.5 Å². The number of nitrogens with zero attached hydrogens (tertiary/aromatic N) is 1. The lowest BCUT2D eigenvalue weighted by atomic mass is 9.84. The van der Waals surface area contributed by atoms with Crippen molar-refractivity contribution in [2.45, 2.75) is 25.8 Å². The molecule has 1 aromatic carbocycles. The minimum absolute atomic E-state index is 0.580. The Morgan fingerprint density at radius 3 is 2.71 bits per heavy atom. The molecule has 17 heavy (non-hydrogen) atoms. The molecule has 3 aliphatic heterocycles. The van der Waals surface area contributed by atoms with Gasteiger partial charge in [-0.2, -0.15) is 0 Å². The number of aryl methyl sites for hydroxylation is 1. The Morgan fingerprint density at radius 2 is 2.06 bits per heavy atom. The van der Waals surface area contributed by atoms with Gasteiger partial charge >= 0.3 is 0 Å². The fourth-order valence-electron chi connectivity index (χ4n) is 3.08. The molecule has 0 saturated carbocycles. The summed E-state index contributed by atoms with van der Waals surface area (Å²) in [5.74, 6) is 0.830. The van der Waals surface area contributed by atoms with Crippen LogP contribution in [0.1, 0.15) is 18.4 Å². The lowest BCUT2D eigenvalue weighted by Crippen LogP contribution is -2.53. The summed E-state index contributed by atoms with van der Waals surface area (Å²) in [6.07, 6.45) is 2.67. The number of piperidine rings is 3. The smallest absolute Gasteiger partial charge is 0.0637 e. The van der Waals surface area contributed by atoms with Gasteiger partial charge in [-0.3, -0.25) is 0 Å². The highest BCUT2D eigenvalue weighted by atomic mass is 35.5. The quantitative estimate of drug-likeness (QED) is 0.868. The zero-order chi connectivity index (χ0) is 11.8. The topological polar surface area (TPSA) is 15.3 Å². The zero-order valence-corrected chi connectivity index (χ0v) is 11.0. The van der Waals surface area contributed by atoms with E-state index in [9.17, 15) is 0 Å². The molecule has 3 heterocycles. The van der Waals surface area contributed by atoms with Crippen LogP contribution in [-0.4, -0.2) is 30.6 Å². The second kappa shape index (κ2) is 4.51. The van der Waals surface area contributed by atoms with Crippen molar-refractivity contribution in [1.82, 2.24) is 4.90 Å². The molecule has 3 fully saturated rings. The van der Waals surface area contributed by atoms with Crippen LogP contribution in [0.4, 0.5) is 5.69 Å². The molecule has 0 amide bonds. The molecule has 2 bridgehead atoms. The fraction of sp³-hybridized carbons (Fsp3) is 0.571. The van der Waals surface area contributed by atoms with E-state index < -0.39 is 0 Å². The van der Waals surface area contributed by atoms with E-state index >= 15 is 0 Å². The number of rotatable bonds is 2. The van der Waals surface area contributed by atoms with Gasteiger partial charge in [0.2, 0.25) is 0 Å². The summed E-state index contributed by atoms with van der Waals surface area (Å²) in [7, 11) is 0. The summed E-state index contributed by atoms with van der Waals surface area (Å²) in [6, 6.07) is 6.78. The van der Waals surface area contributed by atoms with Gasteiger partial charge in [0.1, 0.15) is 0 Å². The van der Waals surface area contributed by atoms with Crippen molar-refractivity contribution in [3.63, 3.8) is 0 Å². The maximum absolute atomic E-state index is 6.24. The van der Waals surface area contributed by atoms with Crippen LogP contribution in [0.2, 0.25) is 5.02 Å². The number of fused-ring (bicyclic) bond motifs is 3. The molecule has 1 unspecified atom stereocenters. The molecule has 1 N–H and O–H groups in total. The second-order valence-corrected chi connectivity index (χ2v) is 5.78. The largest absolute Gasteiger partial charge is 0.380 e. The number of hydrogen-bond donors (Lipinski definition) is 1. The molecular weight excluding hydrogens is 232 g/mol. The summed E-state index contributed by atoms with van der Waals surface area (Å²) in [6.45, 7) is 5.85. The van der Waals surface area contributed by atoms with Crippen molar-refractivity contribution in [2.24, 2.45) is 5.92 Å². The van der Waals surface area contributed by atoms with E-state index in [1.165, 1.54) is 38.0 Å². The van der Waals surface area contributed by atoms with Crippen molar-refractivity contribution in [1.29, 1.82) is 0 Å². The molecule has 1 atom stereocenters. The number of nitrogens with one attached hydrogen (secondary N) is 1. The highest BCUT2D eigenvalue weighted by Crippen LogP contribution is 2.32. The van der Waals surface area contributed by atoms with E-state index in [4.69, 9.17) is 11.6 Å². The van der Waals surface area contributed by atoms with Crippen molar-refractivity contribution < 1.29 is 0 Å². The van der Waals surface area contributed by atoms with Crippen molar-refractivity contribution in [2.75, 3.05) is 25.0 Å². The average Bonchev–Trinajstić information content (AvgIpc) is 2.35. The van der Waals surface area contributed by atoms with Crippen LogP contribution in [0.3, 0.4) is 0 Å². The van der Waals surface area contributed by atoms with Crippen LogP contribution in [-0.2, 0) is 0 Å². The van der Waals surface area contributed by atoms with Crippen LogP contribution < -0.4 is 5.32 Å². The predicted octanol–water partition coefficient (Wildman–Crippen LogP) is 3.15. The van der Waals surface area contributed by atoms with E-state index in [-0.39, 0.29) is 0 Å². The van der Waals surface area contributed by atoms with E-state index in [0.29, 0.717) is 6.04 Å². The highest BCUT2D eigenvalue weighted by Gasteiger charge is 2.34. The van der Waals surface area contributed by atoms with Gasteiger partial charge in [0.15, 0.2) is 0 Å². The minimum Gasteiger partial charge on any atom is -0.380 e. The number of benzene rings is 1. The van der Waals surface area contributed by atoms with Gasteiger partial charge in [0, 0.05) is 12.6 Å². The lowest BCUT2D eigenvalue weighted by molar-refractivity contribution is 0.0975. The third-order valence-corrected chi connectivity index (χ3v) is 4.45. The lowest BCUT2D eigenvalue weighted by Gasteiger charge is -2.45. The Balaban J connectivity index is 1.76. The molecular formula is C14H19ClN2. The minimum atomic E-state index is 0.580. The number of halogens is 1. The molecule has 0 aromatic heterocycles. The van der Waals surface area contributed by atoms with E-state index in [2.05, 4.69) is 29.3 Å². The molecule has 92 valence electrons. The van der Waals surface area contributed by atoms with Gasteiger partial charge in [0.25, 0.3) is 0 Å². The zero-order valence-electron chi connectivity index (χ0n) is 10.2. The van der Waals surface area contributed by atoms with Crippen molar-refractivity contribution in [3.05, 3.63) is 28.8 Å². The Kier molecular flexibility index (Phi) is 3.01. The van der Waals surface area contributed by atoms with Crippen LogP contribution in [0.15, 0.2) is 18.2 Å². The molecule has 4 rings (SSSR count). The monoisotopic (exact) mass is 250 g/mol. The second-order valence-electron chi connectivity index (χ2n) is 5.37. The van der Waals surface area contributed by atoms with Crippen LogP contribution in [0.25, 0.3) is 0 Å². The van der Waals surface area contributed by atoms with E-state index in [1.54, 1.807) is 0 Å². The summed E-state index contributed by atoms with van der Waals surface area (Å²) < 4.78 is 0. The third-order valence-electron chi connectivity index (χ3n) is 4.12. The SMILES string of the molecule is Cc1ccc(Cl)c(NC2CN3CCC2CC3)c1. The van der Waals surface area contributed by atoms with Crippen LogP contribution >= 0.6 is 11.6 Å². The third kappa shape index (κ3) is 2.29. The molecule has 3 saturated heterocycles. The molecule has 0 aliphatic carbocycles. The van der Waals surface area contributed by atoms with Gasteiger partial charge in [-0.15, -0.1) is 0 Å². The Labute approximate surface area is 108 Å². The molecule has 3 heteroatoms. The van der Waals surface area contributed by atoms with Gasteiger partial charge in [-0.1, -0.05) is 17.7 Å². The van der Waals surface area contributed by atoms with Crippen LogP contribution in [0, 0.1) is 12.8 Å². The summed E-state index contributed by atoms with van der Waals surface area (Å²) in [5.41, 5.74) is 2.36.